The Morgan fingerprint density at radius 1 is 1.67 bits per heavy atom. The Kier molecular flexibility index (Phi) is 1.58. The molecule has 0 aliphatic heterocycles. The molecule has 0 bridgehead atoms. The van der Waals surface area contributed by atoms with Gasteiger partial charge in [-0.15, -0.1) is 0 Å². The smallest absolute Gasteiger partial charge is 0.193 e. The number of pyridine rings is 1. The van der Waals surface area contributed by atoms with Crippen molar-refractivity contribution in [3.05, 3.63) is 23.5 Å². The molecular formula is C6H8ClN2+. The number of aromatic nitrogens is 1. The maximum atomic E-state index is 5.64. The number of rotatable bonds is 0. The summed E-state index contributed by atoms with van der Waals surface area (Å²) in [5.41, 5.74) is 6.08. The molecule has 0 spiro atoms. The average Bonchev–Trinajstić information content (AvgIpc) is 1.80. The first-order valence-corrected chi connectivity index (χ1v) is 2.98. The highest BCUT2D eigenvalue weighted by Crippen LogP contribution is 2.13. The first-order chi connectivity index (χ1) is 4.20. The Labute approximate surface area is 58.9 Å². The number of nitrogens with two attached hydrogens (primary N) is 1. The third-order valence-electron chi connectivity index (χ3n) is 1.07. The molecule has 1 heterocycles. The Bertz CT molecular complexity index is 222. The molecule has 0 saturated carbocycles. The van der Waals surface area contributed by atoms with Gasteiger partial charge >= 0.3 is 0 Å². The predicted octanol–water partition coefficient (Wildman–Crippen LogP) is 0.747. The summed E-state index contributed by atoms with van der Waals surface area (Å²) in [5, 5.41) is 0.605. The molecule has 1 aromatic heterocycles. The van der Waals surface area contributed by atoms with Gasteiger partial charge in [0.2, 0.25) is 0 Å². The largest absolute Gasteiger partial charge is 0.393 e. The van der Waals surface area contributed by atoms with E-state index in [2.05, 4.69) is 0 Å². The fourth-order valence-corrected chi connectivity index (χ4v) is 0.708. The minimum absolute atomic E-state index is 0.605. The second-order valence-corrected chi connectivity index (χ2v) is 2.32. The van der Waals surface area contributed by atoms with Crippen molar-refractivity contribution in [1.82, 2.24) is 0 Å². The third kappa shape index (κ3) is 1.33. The SMILES string of the molecule is C[n+]1ccc(Cl)c(N)c1. The van der Waals surface area contributed by atoms with Gasteiger partial charge in [0.15, 0.2) is 12.4 Å². The highest BCUT2D eigenvalue weighted by molar-refractivity contribution is 6.32. The van der Waals surface area contributed by atoms with Gasteiger partial charge in [0.25, 0.3) is 0 Å². The summed E-state index contributed by atoms with van der Waals surface area (Å²) in [4.78, 5) is 0. The number of anilines is 1. The molecule has 0 aromatic carbocycles. The summed E-state index contributed by atoms with van der Waals surface area (Å²) in [7, 11) is 1.90. The van der Waals surface area contributed by atoms with Crippen LogP contribution in [0.5, 0.6) is 0 Å². The number of aryl methyl sites for hydroxylation is 1. The third-order valence-corrected chi connectivity index (χ3v) is 1.42. The summed E-state index contributed by atoms with van der Waals surface area (Å²) < 4.78 is 1.85. The minimum Gasteiger partial charge on any atom is -0.393 e. The fraction of sp³-hybridized carbons (Fsp3) is 0.167. The van der Waals surface area contributed by atoms with Crippen molar-refractivity contribution in [1.29, 1.82) is 0 Å². The van der Waals surface area contributed by atoms with Crippen molar-refractivity contribution in [3.8, 4) is 0 Å². The maximum Gasteiger partial charge on any atom is 0.193 e. The standard InChI is InChI=1S/C6H8ClN2/c1-9-3-2-5(7)6(8)4-9/h2-4H,8H2,1H3/q+1. The summed E-state index contributed by atoms with van der Waals surface area (Å²) in [5.74, 6) is 0. The molecule has 48 valence electrons. The van der Waals surface area contributed by atoms with Crippen molar-refractivity contribution in [2.45, 2.75) is 0 Å². The van der Waals surface area contributed by atoms with E-state index in [0.717, 1.165) is 0 Å². The van der Waals surface area contributed by atoms with E-state index in [4.69, 9.17) is 17.3 Å². The van der Waals surface area contributed by atoms with Crippen molar-refractivity contribution in [3.63, 3.8) is 0 Å². The van der Waals surface area contributed by atoms with E-state index >= 15 is 0 Å². The van der Waals surface area contributed by atoms with Crippen molar-refractivity contribution >= 4 is 17.3 Å². The molecule has 0 saturated heterocycles. The van der Waals surface area contributed by atoms with Crippen LogP contribution < -0.4 is 10.3 Å². The number of hydrogen-bond acceptors (Lipinski definition) is 1. The highest BCUT2D eigenvalue weighted by atomic mass is 35.5. The number of nitrogens with zero attached hydrogens (tertiary/aromatic N) is 1. The molecule has 0 aliphatic rings. The molecule has 9 heavy (non-hydrogen) atoms. The van der Waals surface area contributed by atoms with E-state index in [0.29, 0.717) is 10.7 Å². The maximum absolute atomic E-state index is 5.64. The van der Waals surface area contributed by atoms with Crippen molar-refractivity contribution in [2.24, 2.45) is 7.05 Å². The molecule has 0 atom stereocenters. The normalized spacial score (nSPS) is 9.56. The fourth-order valence-electron chi connectivity index (χ4n) is 0.603. The minimum atomic E-state index is 0.605. The molecule has 0 radical (unpaired) electrons. The number of halogens is 1. The molecule has 0 unspecified atom stereocenters. The number of nitrogen functional groups attached to an aromatic ring is 1. The van der Waals surface area contributed by atoms with Crippen LogP contribution in [-0.2, 0) is 7.05 Å². The Morgan fingerprint density at radius 2 is 2.33 bits per heavy atom. The lowest BCUT2D eigenvalue weighted by Crippen LogP contribution is -2.26. The van der Waals surface area contributed by atoms with Gasteiger partial charge in [-0.05, 0) is 0 Å². The van der Waals surface area contributed by atoms with Gasteiger partial charge in [0.05, 0.1) is 5.02 Å². The zero-order chi connectivity index (χ0) is 6.85. The molecule has 2 N–H and O–H groups in total. The molecule has 1 aromatic rings. The molecule has 0 aliphatic carbocycles. The molecule has 3 heteroatoms. The predicted molar refractivity (Wildman–Crippen MR) is 37.0 cm³/mol. The first-order valence-electron chi connectivity index (χ1n) is 2.60. The topological polar surface area (TPSA) is 29.9 Å². The highest BCUT2D eigenvalue weighted by Gasteiger charge is 1.97. The number of hydrogen-bond donors (Lipinski definition) is 1. The van der Waals surface area contributed by atoms with Crippen molar-refractivity contribution < 1.29 is 4.57 Å². The van der Waals surface area contributed by atoms with E-state index < -0.39 is 0 Å². The summed E-state index contributed by atoms with van der Waals surface area (Å²) in [6.07, 6.45) is 3.61. The Hall–Kier alpha value is -0.760. The lowest BCUT2D eigenvalue weighted by molar-refractivity contribution is -0.670. The summed E-state index contributed by atoms with van der Waals surface area (Å²) in [6, 6.07) is 1.76. The van der Waals surface area contributed by atoms with Crippen molar-refractivity contribution in [2.75, 3.05) is 5.73 Å². The zero-order valence-electron chi connectivity index (χ0n) is 5.13. The second-order valence-electron chi connectivity index (χ2n) is 1.91. The van der Waals surface area contributed by atoms with Crippen LogP contribution in [0.25, 0.3) is 0 Å². The molecule has 0 fully saturated rings. The Morgan fingerprint density at radius 3 is 2.78 bits per heavy atom. The van der Waals surface area contributed by atoms with Crippen LogP contribution in [0, 0.1) is 0 Å². The van der Waals surface area contributed by atoms with Crippen LogP contribution in [0.3, 0.4) is 0 Å². The molecule has 1 rings (SSSR count). The molecular weight excluding hydrogens is 136 g/mol. The molecule has 0 amide bonds. The van der Waals surface area contributed by atoms with Crippen LogP contribution in [0.15, 0.2) is 18.5 Å². The lowest BCUT2D eigenvalue weighted by atomic mass is 10.4. The summed E-state index contributed by atoms with van der Waals surface area (Å²) in [6.45, 7) is 0. The second kappa shape index (κ2) is 2.23. The quantitative estimate of drug-likeness (QED) is 0.534. The van der Waals surface area contributed by atoms with Crippen LogP contribution >= 0.6 is 11.6 Å². The van der Waals surface area contributed by atoms with Gasteiger partial charge in [-0.2, -0.15) is 0 Å². The van der Waals surface area contributed by atoms with Gasteiger partial charge in [-0.25, -0.2) is 4.57 Å². The average molecular weight is 144 g/mol. The van der Waals surface area contributed by atoms with Gasteiger partial charge < -0.3 is 5.73 Å². The van der Waals surface area contributed by atoms with E-state index in [-0.39, 0.29) is 0 Å². The van der Waals surface area contributed by atoms with Crippen LogP contribution in [0.4, 0.5) is 5.69 Å². The van der Waals surface area contributed by atoms with Gasteiger partial charge in [0.1, 0.15) is 12.7 Å². The van der Waals surface area contributed by atoms with E-state index in [9.17, 15) is 0 Å². The van der Waals surface area contributed by atoms with Gasteiger partial charge in [-0.3, -0.25) is 0 Å². The lowest BCUT2D eigenvalue weighted by Gasteiger charge is -1.91. The van der Waals surface area contributed by atoms with Gasteiger partial charge in [-0.1, -0.05) is 11.6 Å². The van der Waals surface area contributed by atoms with Crippen LogP contribution in [-0.4, -0.2) is 0 Å². The van der Waals surface area contributed by atoms with E-state index in [1.165, 1.54) is 0 Å². The Balaban J connectivity index is 3.17. The zero-order valence-corrected chi connectivity index (χ0v) is 5.89. The van der Waals surface area contributed by atoms with Crippen LogP contribution in [0.2, 0.25) is 5.02 Å². The monoisotopic (exact) mass is 143 g/mol. The van der Waals surface area contributed by atoms with Crippen LogP contribution in [0.1, 0.15) is 0 Å². The van der Waals surface area contributed by atoms with E-state index in [1.54, 1.807) is 12.3 Å². The molecule has 2 nitrogen and oxygen atoms in total. The van der Waals surface area contributed by atoms with Gasteiger partial charge in [0, 0.05) is 6.07 Å². The van der Waals surface area contributed by atoms with E-state index in [1.807, 2.05) is 17.8 Å². The summed E-state index contributed by atoms with van der Waals surface area (Å²) >= 11 is 5.64. The first kappa shape index (κ1) is 6.36.